The number of hydrogen-bond acceptors (Lipinski definition) is 3. The van der Waals surface area contributed by atoms with E-state index in [9.17, 15) is 0 Å². The van der Waals surface area contributed by atoms with E-state index in [1.54, 1.807) is 18.4 Å². The molecule has 0 fully saturated rings. The van der Waals surface area contributed by atoms with Gasteiger partial charge in [0.15, 0.2) is 0 Å². The number of nitrogens with two attached hydrogens (primary N) is 1. The summed E-state index contributed by atoms with van der Waals surface area (Å²) in [4.78, 5) is 0. The maximum absolute atomic E-state index is 8.90. The summed E-state index contributed by atoms with van der Waals surface area (Å²) < 4.78 is 5.18. The quantitative estimate of drug-likeness (QED) is 0.626. The Labute approximate surface area is 69.4 Å². The number of aliphatic hydroxyl groups excluding tert-OH is 1. The van der Waals surface area contributed by atoms with Crippen molar-refractivity contribution in [1.82, 2.24) is 0 Å². The highest BCUT2D eigenvalue weighted by Gasteiger charge is 2.03. The first-order valence-electron chi connectivity index (χ1n) is 3.67. The third-order valence-electron chi connectivity index (χ3n) is 1.85. The van der Waals surface area contributed by atoms with Crippen LogP contribution in [0.25, 0.3) is 11.0 Å². The molecule has 2 rings (SSSR count). The molecule has 1 heterocycles. The van der Waals surface area contributed by atoms with Crippen molar-refractivity contribution in [2.45, 2.75) is 6.61 Å². The second-order valence-corrected chi connectivity index (χ2v) is 2.67. The molecule has 0 atom stereocenters. The Morgan fingerprint density at radius 1 is 1.42 bits per heavy atom. The number of anilines is 1. The summed E-state index contributed by atoms with van der Waals surface area (Å²) >= 11 is 0. The molecule has 0 aliphatic rings. The molecular weight excluding hydrogens is 154 g/mol. The van der Waals surface area contributed by atoms with Crippen molar-refractivity contribution in [3.63, 3.8) is 0 Å². The van der Waals surface area contributed by atoms with Gasteiger partial charge in [0.25, 0.3) is 0 Å². The monoisotopic (exact) mass is 163 g/mol. The van der Waals surface area contributed by atoms with Crippen LogP contribution in [-0.2, 0) is 6.61 Å². The van der Waals surface area contributed by atoms with Crippen LogP contribution in [0.5, 0.6) is 0 Å². The maximum atomic E-state index is 8.90. The van der Waals surface area contributed by atoms with Crippen LogP contribution in [-0.4, -0.2) is 5.11 Å². The normalized spacial score (nSPS) is 10.8. The third kappa shape index (κ3) is 0.950. The lowest BCUT2D eigenvalue weighted by Gasteiger charge is -1.92. The first-order chi connectivity index (χ1) is 5.81. The van der Waals surface area contributed by atoms with Gasteiger partial charge in [-0.3, -0.25) is 0 Å². The molecule has 3 N–H and O–H groups in total. The zero-order chi connectivity index (χ0) is 8.55. The molecule has 12 heavy (non-hydrogen) atoms. The second kappa shape index (κ2) is 2.53. The minimum Gasteiger partial charge on any atom is -0.464 e. The van der Waals surface area contributed by atoms with E-state index in [1.807, 2.05) is 6.07 Å². The number of furan rings is 1. The SMILES string of the molecule is Nc1ccc2c(CO)coc2c1. The zero-order valence-electron chi connectivity index (χ0n) is 6.45. The van der Waals surface area contributed by atoms with Crippen molar-refractivity contribution >= 4 is 16.7 Å². The minimum absolute atomic E-state index is 0.00306. The van der Waals surface area contributed by atoms with Gasteiger partial charge in [-0.2, -0.15) is 0 Å². The van der Waals surface area contributed by atoms with E-state index in [-0.39, 0.29) is 6.61 Å². The number of nitrogen functional groups attached to an aromatic ring is 1. The number of benzene rings is 1. The molecule has 0 amide bonds. The molecule has 0 bridgehead atoms. The average molecular weight is 163 g/mol. The molecule has 0 unspecified atom stereocenters. The van der Waals surface area contributed by atoms with Crippen molar-refractivity contribution in [2.24, 2.45) is 0 Å². The Bertz CT molecular complexity index is 406. The predicted octanol–water partition coefficient (Wildman–Crippen LogP) is 1.51. The first kappa shape index (κ1) is 7.18. The molecule has 62 valence electrons. The van der Waals surface area contributed by atoms with E-state index in [0.717, 1.165) is 16.5 Å². The van der Waals surface area contributed by atoms with Crippen LogP contribution in [0.2, 0.25) is 0 Å². The lowest BCUT2D eigenvalue weighted by atomic mass is 10.2. The standard InChI is InChI=1S/C9H9NO2/c10-7-1-2-8-6(4-11)5-12-9(8)3-7/h1-3,5,11H,4,10H2. The van der Waals surface area contributed by atoms with Crippen LogP contribution in [0.3, 0.4) is 0 Å². The number of rotatable bonds is 1. The van der Waals surface area contributed by atoms with Crippen LogP contribution >= 0.6 is 0 Å². The Morgan fingerprint density at radius 3 is 3.00 bits per heavy atom. The van der Waals surface area contributed by atoms with Crippen molar-refractivity contribution in [3.8, 4) is 0 Å². The molecule has 3 heteroatoms. The summed E-state index contributed by atoms with van der Waals surface area (Å²) in [7, 11) is 0. The van der Waals surface area contributed by atoms with Gasteiger partial charge >= 0.3 is 0 Å². The summed E-state index contributed by atoms with van der Waals surface area (Å²) in [6.45, 7) is -0.00306. The molecular formula is C9H9NO2. The molecule has 1 aromatic carbocycles. The highest BCUT2D eigenvalue weighted by molar-refractivity contribution is 5.83. The molecule has 1 aromatic heterocycles. The van der Waals surface area contributed by atoms with Gasteiger partial charge < -0.3 is 15.3 Å². The molecule has 3 nitrogen and oxygen atoms in total. The van der Waals surface area contributed by atoms with Crippen LogP contribution in [0.1, 0.15) is 5.56 Å². The van der Waals surface area contributed by atoms with E-state index in [0.29, 0.717) is 5.69 Å². The maximum Gasteiger partial charge on any atom is 0.136 e. The van der Waals surface area contributed by atoms with Gasteiger partial charge in [0, 0.05) is 22.7 Å². The smallest absolute Gasteiger partial charge is 0.136 e. The Morgan fingerprint density at radius 2 is 2.25 bits per heavy atom. The Kier molecular flexibility index (Phi) is 1.52. The lowest BCUT2D eigenvalue weighted by molar-refractivity contribution is 0.282. The summed E-state index contributed by atoms with van der Waals surface area (Å²) in [5.74, 6) is 0. The molecule has 0 aliphatic heterocycles. The van der Waals surface area contributed by atoms with Gasteiger partial charge in [0.2, 0.25) is 0 Å². The van der Waals surface area contributed by atoms with E-state index in [4.69, 9.17) is 15.3 Å². The van der Waals surface area contributed by atoms with Crippen molar-refractivity contribution < 1.29 is 9.52 Å². The van der Waals surface area contributed by atoms with Crippen LogP contribution in [0.15, 0.2) is 28.9 Å². The van der Waals surface area contributed by atoms with Crippen molar-refractivity contribution in [3.05, 3.63) is 30.0 Å². The molecule has 0 radical (unpaired) electrons. The van der Waals surface area contributed by atoms with E-state index < -0.39 is 0 Å². The van der Waals surface area contributed by atoms with Gasteiger partial charge in [-0.05, 0) is 12.1 Å². The summed E-state index contributed by atoms with van der Waals surface area (Å²) in [6, 6.07) is 5.38. The van der Waals surface area contributed by atoms with Crippen molar-refractivity contribution in [1.29, 1.82) is 0 Å². The van der Waals surface area contributed by atoms with Gasteiger partial charge in [-0.15, -0.1) is 0 Å². The van der Waals surface area contributed by atoms with Crippen LogP contribution in [0.4, 0.5) is 5.69 Å². The van der Waals surface area contributed by atoms with Crippen LogP contribution in [0, 0.1) is 0 Å². The van der Waals surface area contributed by atoms with Gasteiger partial charge in [0.05, 0.1) is 12.9 Å². The van der Waals surface area contributed by atoms with Crippen LogP contribution < -0.4 is 5.73 Å². The summed E-state index contributed by atoms with van der Waals surface area (Å²) in [5.41, 5.74) is 7.74. The summed E-state index contributed by atoms with van der Waals surface area (Å²) in [5, 5.41) is 9.83. The number of aliphatic hydroxyl groups is 1. The molecule has 0 saturated heterocycles. The molecule has 0 saturated carbocycles. The fraction of sp³-hybridized carbons (Fsp3) is 0.111. The highest BCUT2D eigenvalue weighted by Crippen LogP contribution is 2.22. The summed E-state index contributed by atoms with van der Waals surface area (Å²) in [6.07, 6.45) is 1.55. The highest BCUT2D eigenvalue weighted by atomic mass is 16.3. The molecule has 2 aromatic rings. The van der Waals surface area contributed by atoms with E-state index in [1.165, 1.54) is 0 Å². The lowest BCUT2D eigenvalue weighted by Crippen LogP contribution is -1.83. The second-order valence-electron chi connectivity index (χ2n) is 2.67. The molecule has 0 aliphatic carbocycles. The zero-order valence-corrected chi connectivity index (χ0v) is 6.45. The van der Waals surface area contributed by atoms with Gasteiger partial charge in [0.1, 0.15) is 5.58 Å². The van der Waals surface area contributed by atoms with Gasteiger partial charge in [-0.25, -0.2) is 0 Å². The number of fused-ring (bicyclic) bond motifs is 1. The number of hydrogen-bond donors (Lipinski definition) is 2. The van der Waals surface area contributed by atoms with Crippen molar-refractivity contribution in [2.75, 3.05) is 5.73 Å². The topological polar surface area (TPSA) is 59.4 Å². The third-order valence-corrected chi connectivity index (χ3v) is 1.85. The average Bonchev–Trinajstić information content (AvgIpc) is 2.46. The molecule has 0 spiro atoms. The van der Waals surface area contributed by atoms with E-state index in [2.05, 4.69) is 0 Å². The largest absolute Gasteiger partial charge is 0.464 e. The fourth-order valence-electron chi connectivity index (χ4n) is 1.22. The first-order valence-corrected chi connectivity index (χ1v) is 3.67. The Balaban J connectivity index is 2.73. The predicted molar refractivity (Wildman–Crippen MR) is 46.5 cm³/mol. The fourth-order valence-corrected chi connectivity index (χ4v) is 1.22. The minimum atomic E-state index is -0.00306. The Hall–Kier alpha value is -1.48. The van der Waals surface area contributed by atoms with E-state index >= 15 is 0 Å². The van der Waals surface area contributed by atoms with Gasteiger partial charge in [-0.1, -0.05) is 0 Å².